The van der Waals surface area contributed by atoms with Gasteiger partial charge in [-0.25, -0.2) is 0 Å². The third-order valence-electron chi connectivity index (χ3n) is 4.95. The summed E-state index contributed by atoms with van der Waals surface area (Å²) in [6.07, 6.45) is 17.2. The van der Waals surface area contributed by atoms with Crippen molar-refractivity contribution in [3.05, 3.63) is 58.4 Å². The summed E-state index contributed by atoms with van der Waals surface area (Å²) in [5, 5.41) is 0.813. The van der Waals surface area contributed by atoms with Gasteiger partial charge >= 0.3 is 0 Å². The van der Waals surface area contributed by atoms with Crippen LogP contribution in [-0.4, -0.2) is 4.57 Å². The van der Waals surface area contributed by atoms with Gasteiger partial charge in [-0.2, -0.15) is 0 Å². The first-order valence-corrected chi connectivity index (χ1v) is 9.96. The number of allylic oxidation sites excluding steroid dienone is 2. The second-order valence-corrected chi connectivity index (χ2v) is 7.00. The summed E-state index contributed by atoms with van der Waals surface area (Å²) >= 11 is 0. The quantitative estimate of drug-likeness (QED) is 0.354. The molecule has 0 fully saturated rings. The van der Waals surface area contributed by atoms with Crippen molar-refractivity contribution in [1.82, 2.24) is 4.57 Å². The highest BCUT2D eigenvalue weighted by Crippen LogP contribution is 2.13. The van der Waals surface area contributed by atoms with Crippen LogP contribution in [0.2, 0.25) is 0 Å². The number of unbranched alkanes of at least 4 members (excludes halogenated alkanes) is 7. The second-order valence-electron chi connectivity index (χ2n) is 7.00. The van der Waals surface area contributed by atoms with Crippen LogP contribution in [0.1, 0.15) is 70.4 Å². The van der Waals surface area contributed by atoms with Gasteiger partial charge in [-0.1, -0.05) is 63.3 Å². The van der Waals surface area contributed by atoms with Crippen molar-refractivity contribution in [3.63, 3.8) is 0 Å². The van der Waals surface area contributed by atoms with Crippen molar-refractivity contribution in [2.75, 3.05) is 0 Å². The van der Waals surface area contributed by atoms with Crippen molar-refractivity contribution in [1.29, 1.82) is 0 Å². The van der Waals surface area contributed by atoms with Crippen molar-refractivity contribution < 1.29 is 0 Å². The summed E-state index contributed by atoms with van der Waals surface area (Å²) in [6, 6.07) is 9.67. The van der Waals surface area contributed by atoms with Gasteiger partial charge < -0.3 is 4.57 Å². The highest BCUT2D eigenvalue weighted by atomic mass is 16.1. The molecule has 0 aliphatic heterocycles. The summed E-state index contributed by atoms with van der Waals surface area (Å²) in [4.78, 5) is 12.2. The lowest BCUT2D eigenvalue weighted by Crippen LogP contribution is -2.11. The van der Waals surface area contributed by atoms with Gasteiger partial charge in [-0.05, 0) is 44.2 Å². The number of hydrogen-bond donors (Lipinski definition) is 0. The summed E-state index contributed by atoms with van der Waals surface area (Å²) < 4.78 is 2.16. The summed E-state index contributed by atoms with van der Waals surface area (Å²) in [5.74, 6) is 0. The molecular formula is C23H33NO. The number of aryl methyl sites for hydroxylation is 2. The van der Waals surface area contributed by atoms with Crippen LogP contribution >= 0.6 is 0 Å². The molecule has 2 rings (SSSR count). The van der Waals surface area contributed by atoms with E-state index >= 15 is 0 Å². The number of benzene rings is 1. The lowest BCUT2D eigenvalue weighted by atomic mass is 10.1. The predicted octanol–water partition coefficient (Wildman–Crippen LogP) is 6.17. The molecule has 1 aromatic heterocycles. The van der Waals surface area contributed by atoms with Crippen molar-refractivity contribution in [2.45, 2.75) is 71.1 Å². The van der Waals surface area contributed by atoms with Crippen LogP contribution < -0.4 is 5.43 Å². The molecule has 2 heteroatoms. The fourth-order valence-corrected chi connectivity index (χ4v) is 3.37. The molecule has 0 atom stereocenters. The Balaban J connectivity index is 1.72. The van der Waals surface area contributed by atoms with Gasteiger partial charge in [0.2, 0.25) is 0 Å². The Morgan fingerprint density at radius 1 is 0.920 bits per heavy atom. The van der Waals surface area contributed by atoms with Crippen molar-refractivity contribution in [2.24, 2.45) is 7.05 Å². The van der Waals surface area contributed by atoms with Gasteiger partial charge in [0, 0.05) is 24.2 Å². The largest absolute Gasteiger partial charge is 0.347 e. The molecule has 0 aliphatic rings. The highest BCUT2D eigenvalue weighted by Gasteiger charge is 2.05. The maximum atomic E-state index is 12.2. The fourth-order valence-electron chi connectivity index (χ4n) is 3.37. The molecule has 25 heavy (non-hydrogen) atoms. The highest BCUT2D eigenvalue weighted by molar-refractivity contribution is 5.79. The van der Waals surface area contributed by atoms with Crippen molar-refractivity contribution >= 4 is 10.9 Å². The van der Waals surface area contributed by atoms with Gasteiger partial charge in [0.25, 0.3) is 0 Å². The number of hydrogen-bond acceptors (Lipinski definition) is 1. The Morgan fingerprint density at radius 3 is 2.40 bits per heavy atom. The zero-order valence-electron chi connectivity index (χ0n) is 16.0. The van der Waals surface area contributed by atoms with Gasteiger partial charge in [0.05, 0.1) is 5.52 Å². The van der Waals surface area contributed by atoms with Crippen LogP contribution in [0.4, 0.5) is 0 Å². The zero-order valence-corrected chi connectivity index (χ0v) is 16.0. The molecule has 1 heterocycles. The van der Waals surface area contributed by atoms with Gasteiger partial charge in [0.15, 0.2) is 5.43 Å². The second kappa shape index (κ2) is 10.9. The minimum Gasteiger partial charge on any atom is -0.347 e. The van der Waals surface area contributed by atoms with Crippen LogP contribution in [0, 0.1) is 0 Å². The molecule has 0 saturated carbocycles. The van der Waals surface area contributed by atoms with E-state index in [0.29, 0.717) is 0 Å². The SMILES string of the molecule is CCCCCCCC/C=C/CCCc1cc(=O)c2ccccc2n1C. The number of rotatable bonds is 11. The topological polar surface area (TPSA) is 22.0 Å². The smallest absolute Gasteiger partial charge is 0.189 e. The van der Waals surface area contributed by atoms with Crippen LogP contribution in [0.5, 0.6) is 0 Å². The molecule has 0 radical (unpaired) electrons. The Morgan fingerprint density at radius 2 is 1.60 bits per heavy atom. The molecular weight excluding hydrogens is 306 g/mol. The molecule has 0 saturated heterocycles. The summed E-state index contributed by atoms with van der Waals surface area (Å²) in [5.41, 5.74) is 2.30. The number of fused-ring (bicyclic) bond motifs is 1. The monoisotopic (exact) mass is 339 g/mol. The van der Waals surface area contributed by atoms with Gasteiger partial charge in [0.1, 0.15) is 0 Å². The average Bonchev–Trinajstić information content (AvgIpc) is 2.63. The first kappa shape index (κ1) is 19.5. The minimum absolute atomic E-state index is 0.141. The molecule has 0 bridgehead atoms. The summed E-state index contributed by atoms with van der Waals surface area (Å²) in [6.45, 7) is 2.26. The third-order valence-corrected chi connectivity index (χ3v) is 4.95. The van der Waals surface area contributed by atoms with E-state index in [1.165, 1.54) is 44.9 Å². The van der Waals surface area contributed by atoms with E-state index in [1.807, 2.05) is 30.3 Å². The standard InChI is InChI=1S/C23H33NO/c1-3-4-5-6-7-8-9-10-11-12-13-16-20-19-23(25)21-17-14-15-18-22(21)24(20)2/h10-11,14-15,17-19H,3-9,12-13,16H2,1-2H3/b11-10+. The predicted molar refractivity (Wildman–Crippen MR) is 109 cm³/mol. The molecule has 2 nitrogen and oxygen atoms in total. The molecule has 136 valence electrons. The van der Waals surface area contributed by atoms with Crippen LogP contribution in [0.25, 0.3) is 10.9 Å². The Hall–Kier alpha value is -1.83. The number of nitrogens with zero attached hydrogens (tertiary/aromatic N) is 1. The molecule has 2 aromatic rings. The molecule has 0 aliphatic carbocycles. The van der Waals surface area contributed by atoms with Crippen molar-refractivity contribution in [3.8, 4) is 0 Å². The number of para-hydroxylation sites is 1. The molecule has 1 aromatic carbocycles. The number of pyridine rings is 1. The van der Waals surface area contributed by atoms with E-state index in [2.05, 4.69) is 30.7 Å². The maximum absolute atomic E-state index is 12.2. The molecule has 0 spiro atoms. The van der Waals surface area contributed by atoms with Crippen LogP contribution in [-0.2, 0) is 13.5 Å². The average molecular weight is 340 g/mol. The molecule has 0 unspecified atom stereocenters. The first-order chi connectivity index (χ1) is 12.2. The third kappa shape index (κ3) is 6.19. The molecule has 0 N–H and O–H groups in total. The summed E-state index contributed by atoms with van der Waals surface area (Å²) in [7, 11) is 2.06. The van der Waals surface area contributed by atoms with E-state index in [1.54, 1.807) is 0 Å². The fraction of sp³-hybridized carbons (Fsp3) is 0.522. The number of aromatic nitrogens is 1. The lowest BCUT2D eigenvalue weighted by Gasteiger charge is -2.11. The minimum atomic E-state index is 0.141. The van der Waals surface area contributed by atoms with E-state index in [-0.39, 0.29) is 5.43 Å². The molecule has 0 amide bonds. The maximum Gasteiger partial charge on any atom is 0.189 e. The van der Waals surface area contributed by atoms with E-state index in [9.17, 15) is 4.79 Å². The van der Waals surface area contributed by atoms with E-state index in [4.69, 9.17) is 0 Å². The normalized spacial score (nSPS) is 11.6. The Labute approximate surface area is 152 Å². The van der Waals surface area contributed by atoms with Gasteiger partial charge in [-0.15, -0.1) is 0 Å². The van der Waals surface area contributed by atoms with Gasteiger partial charge in [-0.3, -0.25) is 4.79 Å². The van der Waals surface area contributed by atoms with Crippen LogP contribution in [0.3, 0.4) is 0 Å². The first-order valence-electron chi connectivity index (χ1n) is 9.96. The Kier molecular flexibility index (Phi) is 8.51. The van der Waals surface area contributed by atoms with E-state index in [0.717, 1.165) is 35.9 Å². The zero-order chi connectivity index (χ0) is 17.9. The van der Waals surface area contributed by atoms with Crippen LogP contribution in [0.15, 0.2) is 47.3 Å². The Bertz CT molecular complexity index is 726. The lowest BCUT2D eigenvalue weighted by molar-refractivity contribution is 0.611. The van der Waals surface area contributed by atoms with E-state index < -0.39 is 0 Å².